The molecule has 0 atom stereocenters. The molecule has 0 amide bonds. The summed E-state index contributed by atoms with van der Waals surface area (Å²) in [5, 5.41) is 8.61. The highest BCUT2D eigenvalue weighted by Gasteiger charge is 2.14. The van der Waals surface area contributed by atoms with E-state index in [2.05, 4.69) is 0 Å². The fourth-order valence-electron chi connectivity index (χ4n) is 0.926. The van der Waals surface area contributed by atoms with Gasteiger partial charge >= 0.3 is 5.69 Å². The maximum Gasteiger partial charge on any atom is 0.319 e. The first-order valence-corrected chi connectivity index (χ1v) is 3.34. The second-order valence-corrected chi connectivity index (χ2v) is 2.56. The van der Waals surface area contributed by atoms with Crippen LogP contribution in [0, 0.1) is 18.8 Å². The zero-order valence-corrected chi connectivity index (χ0v) is 6.53. The van der Waals surface area contributed by atoms with Crippen LogP contribution in [-0.4, -0.2) is 10.1 Å². The Hall–Kier alpha value is -1.38. The summed E-state index contributed by atoms with van der Waals surface area (Å²) in [4.78, 5) is 10.4. The van der Waals surface area contributed by atoms with Crippen LogP contribution in [-0.2, 0) is 0 Å². The van der Waals surface area contributed by atoms with Crippen molar-refractivity contribution in [1.29, 1.82) is 0 Å². The minimum Gasteiger partial charge on any atom is -0.241 e. The van der Waals surface area contributed by atoms with Gasteiger partial charge in [-0.15, -0.1) is 0 Å². The molecule has 1 rings (SSSR count). The molecule has 0 unspecified atom stereocenters. The SMILES string of the molecule is Cc1ccc(C)c([N+](=O)O)c1. The lowest BCUT2D eigenvalue weighted by atomic mass is 10.1. The number of hydrogen-bond acceptors (Lipinski definition) is 1. The van der Waals surface area contributed by atoms with Crippen LogP contribution in [0.5, 0.6) is 0 Å². The molecule has 0 saturated heterocycles. The molecule has 0 fully saturated rings. The predicted octanol–water partition coefficient (Wildman–Crippen LogP) is 2.10. The molecule has 3 nitrogen and oxygen atoms in total. The number of rotatable bonds is 1. The first kappa shape index (κ1) is 7.72. The van der Waals surface area contributed by atoms with Crippen molar-refractivity contribution in [1.82, 2.24) is 0 Å². The molecule has 1 aromatic carbocycles. The average molecular weight is 152 g/mol. The van der Waals surface area contributed by atoms with Crippen molar-refractivity contribution in [2.75, 3.05) is 0 Å². The molecule has 11 heavy (non-hydrogen) atoms. The van der Waals surface area contributed by atoms with Crippen LogP contribution in [0.25, 0.3) is 0 Å². The first-order valence-electron chi connectivity index (χ1n) is 3.34. The zero-order valence-electron chi connectivity index (χ0n) is 6.53. The molecule has 3 heteroatoms. The van der Waals surface area contributed by atoms with Crippen LogP contribution in [0.4, 0.5) is 5.69 Å². The monoisotopic (exact) mass is 152 g/mol. The molecule has 0 saturated carbocycles. The molecular weight excluding hydrogens is 142 g/mol. The number of benzene rings is 1. The Labute approximate surface area is 64.8 Å². The lowest BCUT2D eigenvalue weighted by Gasteiger charge is -1.92. The van der Waals surface area contributed by atoms with Gasteiger partial charge in [0, 0.05) is 11.6 Å². The quantitative estimate of drug-likeness (QED) is 0.626. The van der Waals surface area contributed by atoms with E-state index in [9.17, 15) is 4.91 Å². The van der Waals surface area contributed by atoms with Gasteiger partial charge in [-0.3, -0.25) is 0 Å². The van der Waals surface area contributed by atoms with Gasteiger partial charge in [0.25, 0.3) is 4.92 Å². The third-order valence-electron chi connectivity index (χ3n) is 1.57. The maximum absolute atomic E-state index is 10.5. The van der Waals surface area contributed by atoms with Crippen molar-refractivity contribution in [2.45, 2.75) is 13.8 Å². The predicted molar refractivity (Wildman–Crippen MR) is 41.0 cm³/mol. The van der Waals surface area contributed by atoms with Crippen molar-refractivity contribution in [2.24, 2.45) is 0 Å². The van der Waals surface area contributed by atoms with Crippen LogP contribution in [0.2, 0.25) is 0 Å². The summed E-state index contributed by atoms with van der Waals surface area (Å²) in [5.41, 5.74) is 2.04. The smallest absolute Gasteiger partial charge is 0.241 e. The van der Waals surface area contributed by atoms with Gasteiger partial charge in [-0.25, -0.2) is 5.21 Å². The lowest BCUT2D eigenvalue weighted by molar-refractivity contribution is -0.730. The van der Waals surface area contributed by atoms with Crippen molar-refractivity contribution >= 4 is 5.69 Å². The van der Waals surface area contributed by atoms with E-state index in [0.717, 1.165) is 11.1 Å². The highest BCUT2D eigenvalue weighted by Crippen LogP contribution is 2.17. The van der Waals surface area contributed by atoms with Crippen LogP contribution < -0.4 is 0 Å². The summed E-state index contributed by atoms with van der Waals surface area (Å²) in [6.45, 7) is 3.64. The van der Waals surface area contributed by atoms with E-state index < -0.39 is 0 Å². The van der Waals surface area contributed by atoms with E-state index in [0.29, 0.717) is 5.69 Å². The Morgan fingerprint density at radius 2 is 2.00 bits per heavy atom. The van der Waals surface area contributed by atoms with Crippen LogP contribution >= 0.6 is 0 Å². The van der Waals surface area contributed by atoms with Gasteiger partial charge < -0.3 is 0 Å². The third-order valence-corrected chi connectivity index (χ3v) is 1.57. The third kappa shape index (κ3) is 1.55. The second-order valence-electron chi connectivity index (χ2n) is 2.56. The zero-order chi connectivity index (χ0) is 8.43. The van der Waals surface area contributed by atoms with E-state index in [1.807, 2.05) is 13.0 Å². The fourth-order valence-corrected chi connectivity index (χ4v) is 0.926. The molecular formula is C8H10NO2+. The van der Waals surface area contributed by atoms with Gasteiger partial charge in [0.2, 0.25) is 0 Å². The van der Waals surface area contributed by atoms with Gasteiger partial charge in [0.05, 0.1) is 4.91 Å². The Balaban J connectivity index is 3.23. The van der Waals surface area contributed by atoms with Gasteiger partial charge in [-0.2, -0.15) is 0 Å². The van der Waals surface area contributed by atoms with E-state index in [-0.39, 0.29) is 4.92 Å². The topological polar surface area (TPSA) is 40.3 Å². The molecule has 0 aromatic heterocycles. The largest absolute Gasteiger partial charge is 0.319 e. The summed E-state index contributed by atoms with van der Waals surface area (Å²) < 4.78 is 0. The van der Waals surface area contributed by atoms with Crippen LogP contribution in [0.3, 0.4) is 0 Å². The molecule has 1 aromatic rings. The number of hydrogen-bond donors (Lipinski definition) is 1. The molecule has 1 N–H and O–H groups in total. The van der Waals surface area contributed by atoms with Crippen molar-refractivity contribution in [3.05, 3.63) is 34.2 Å². The average Bonchev–Trinajstić information content (AvgIpc) is 1.94. The molecule has 0 bridgehead atoms. The highest BCUT2D eigenvalue weighted by molar-refractivity contribution is 5.41. The number of nitrogens with zero attached hydrogens (tertiary/aromatic N) is 1. The molecule has 0 aliphatic carbocycles. The summed E-state index contributed by atoms with van der Waals surface area (Å²) in [5.74, 6) is 0. The minimum atomic E-state index is -0.109. The molecule has 0 radical (unpaired) electrons. The minimum absolute atomic E-state index is 0.109. The molecule has 0 spiro atoms. The van der Waals surface area contributed by atoms with Gasteiger partial charge in [-0.1, -0.05) is 12.1 Å². The summed E-state index contributed by atoms with van der Waals surface area (Å²) in [7, 11) is 0. The van der Waals surface area contributed by atoms with Crippen LogP contribution in [0.15, 0.2) is 18.2 Å². The Morgan fingerprint density at radius 1 is 1.36 bits per heavy atom. The number of aryl methyl sites for hydroxylation is 2. The van der Waals surface area contributed by atoms with Crippen molar-refractivity contribution in [3.63, 3.8) is 0 Å². The molecule has 0 aliphatic rings. The van der Waals surface area contributed by atoms with Gasteiger partial charge in [-0.05, 0) is 19.4 Å². The molecule has 58 valence electrons. The molecule has 0 aliphatic heterocycles. The Morgan fingerprint density at radius 3 is 2.45 bits per heavy atom. The van der Waals surface area contributed by atoms with E-state index >= 15 is 0 Å². The normalized spacial score (nSPS) is 9.64. The summed E-state index contributed by atoms with van der Waals surface area (Å²) in [6, 6.07) is 5.33. The first-order chi connectivity index (χ1) is 5.11. The van der Waals surface area contributed by atoms with E-state index in [1.54, 1.807) is 19.1 Å². The van der Waals surface area contributed by atoms with Gasteiger partial charge in [0.1, 0.15) is 0 Å². The summed E-state index contributed by atoms with van der Waals surface area (Å²) >= 11 is 0. The van der Waals surface area contributed by atoms with E-state index in [1.165, 1.54) is 0 Å². The highest BCUT2D eigenvalue weighted by atomic mass is 16.6. The fraction of sp³-hybridized carbons (Fsp3) is 0.250. The van der Waals surface area contributed by atoms with Crippen LogP contribution in [0.1, 0.15) is 11.1 Å². The Kier molecular flexibility index (Phi) is 1.89. The van der Waals surface area contributed by atoms with Crippen molar-refractivity contribution in [3.8, 4) is 0 Å². The molecule has 0 heterocycles. The standard InChI is InChI=1S/C8H10NO2/c1-6-3-4-7(2)8(5-6)9(10)11/h3-5H,1-2H3,(H,10,11)/q+1. The van der Waals surface area contributed by atoms with Gasteiger partial charge in [0.15, 0.2) is 0 Å². The maximum atomic E-state index is 10.5. The van der Waals surface area contributed by atoms with Crippen molar-refractivity contribution < 1.29 is 10.1 Å². The lowest BCUT2D eigenvalue weighted by Crippen LogP contribution is -1.94. The van der Waals surface area contributed by atoms with E-state index in [4.69, 9.17) is 5.21 Å². The second kappa shape index (κ2) is 2.70. The summed E-state index contributed by atoms with van der Waals surface area (Å²) in [6.07, 6.45) is 0. The Bertz CT molecular complexity index is 294.